The first-order valence-corrected chi connectivity index (χ1v) is 6.92. The third kappa shape index (κ3) is 1.71. The molecule has 0 aromatic heterocycles. The Bertz CT molecular complexity index is 504. The van der Waals surface area contributed by atoms with Crippen LogP contribution >= 0.6 is 15.9 Å². The fourth-order valence-corrected chi connectivity index (χ4v) is 3.76. The lowest BCUT2D eigenvalue weighted by atomic mass is 9.81. The zero-order chi connectivity index (χ0) is 13.7. The van der Waals surface area contributed by atoms with Crippen LogP contribution in [0.15, 0.2) is 10.6 Å². The number of fused-ring (bicyclic) bond motifs is 1. The van der Waals surface area contributed by atoms with E-state index in [1.165, 1.54) is 16.8 Å². The van der Waals surface area contributed by atoms with Crippen molar-refractivity contribution in [2.45, 2.75) is 12.5 Å². The van der Waals surface area contributed by atoms with E-state index in [0.717, 1.165) is 4.48 Å². The second kappa shape index (κ2) is 4.33. The molecule has 19 heavy (non-hydrogen) atoms. The van der Waals surface area contributed by atoms with E-state index in [-0.39, 0.29) is 17.7 Å². The molecule has 3 atom stereocenters. The number of amides is 3. The first kappa shape index (κ1) is 12.7. The van der Waals surface area contributed by atoms with Crippen LogP contribution in [-0.4, -0.2) is 53.9 Å². The van der Waals surface area contributed by atoms with Crippen molar-refractivity contribution in [3.05, 3.63) is 10.6 Å². The van der Waals surface area contributed by atoms with Crippen molar-refractivity contribution in [1.82, 2.24) is 9.80 Å². The number of likely N-dealkylation sites (tertiary alicyclic amines) is 1. The summed E-state index contributed by atoms with van der Waals surface area (Å²) in [6.07, 6.45) is 1.98. The standard InChI is InChI=1S/C12H13BrN2O4/c1-14-10(16)6-2-3-7(13)9(8(6)11(14)17)15-4-5-19-12(15)18/h3,6,8-9H,2,4-5H2,1H3/t6-,8-,9+/m0/s1. The summed E-state index contributed by atoms with van der Waals surface area (Å²) < 4.78 is 5.72. The minimum atomic E-state index is -0.498. The molecule has 0 N–H and O–H groups in total. The van der Waals surface area contributed by atoms with Gasteiger partial charge in [-0.1, -0.05) is 22.0 Å². The van der Waals surface area contributed by atoms with Gasteiger partial charge in [-0.3, -0.25) is 19.4 Å². The predicted octanol–water partition coefficient (Wildman–Crippen LogP) is 0.721. The normalized spacial score (nSPS) is 34.5. The fourth-order valence-electron chi connectivity index (χ4n) is 3.04. The second-order valence-electron chi connectivity index (χ2n) is 4.95. The summed E-state index contributed by atoms with van der Waals surface area (Å²) in [4.78, 5) is 38.7. The Balaban J connectivity index is 1.99. The number of hydrogen-bond acceptors (Lipinski definition) is 4. The fraction of sp³-hybridized carbons (Fsp3) is 0.583. The Labute approximate surface area is 118 Å². The molecule has 0 spiro atoms. The SMILES string of the molecule is CN1C(=O)[C@H]2[C@H](CC=C(Br)[C@H]2N2CCOC2=O)C1=O. The van der Waals surface area contributed by atoms with Crippen LogP contribution in [0.3, 0.4) is 0 Å². The molecule has 0 radical (unpaired) electrons. The van der Waals surface area contributed by atoms with Crippen LogP contribution < -0.4 is 0 Å². The van der Waals surface area contributed by atoms with Crippen molar-refractivity contribution >= 4 is 33.8 Å². The Morgan fingerprint density at radius 3 is 2.68 bits per heavy atom. The Hall–Kier alpha value is -1.37. The van der Waals surface area contributed by atoms with Crippen molar-refractivity contribution in [2.24, 2.45) is 11.8 Å². The maximum absolute atomic E-state index is 12.2. The molecule has 3 aliphatic rings. The summed E-state index contributed by atoms with van der Waals surface area (Å²) >= 11 is 3.43. The first-order valence-electron chi connectivity index (χ1n) is 6.12. The number of hydrogen-bond donors (Lipinski definition) is 0. The number of allylic oxidation sites excluding steroid dienone is 1. The van der Waals surface area contributed by atoms with E-state index >= 15 is 0 Å². The molecule has 2 heterocycles. The number of ether oxygens (including phenoxy) is 1. The number of rotatable bonds is 1. The van der Waals surface area contributed by atoms with Crippen LogP contribution in [0, 0.1) is 11.8 Å². The molecule has 0 aromatic rings. The van der Waals surface area contributed by atoms with E-state index in [1.807, 2.05) is 6.08 Å². The van der Waals surface area contributed by atoms with Gasteiger partial charge in [-0.15, -0.1) is 0 Å². The van der Waals surface area contributed by atoms with Gasteiger partial charge in [0.2, 0.25) is 11.8 Å². The van der Waals surface area contributed by atoms with E-state index in [9.17, 15) is 14.4 Å². The van der Waals surface area contributed by atoms with E-state index in [2.05, 4.69) is 15.9 Å². The monoisotopic (exact) mass is 328 g/mol. The molecule has 102 valence electrons. The Morgan fingerprint density at radius 2 is 2.05 bits per heavy atom. The molecule has 7 heteroatoms. The van der Waals surface area contributed by atoms with Crippen molar-refractivity contribution in [2.75, 3.05) is 20.2 Å². The van der Waals surface area contributed by atoms with Gasteiger partial charge in [-0.25, -0.2) is 4.79 Å². The lowest BCUT2D eigenvalue weighted by molar-refractivity contribution is -0.138. The van der Waals surface area contributed by atoms with Crippen molar-refractivity contribution in [1.29, 1.82) is 0 Å². The van der Waals surface area contributed by atoms with E-state index in [0.29, 0.717) is 19.6 Å². The molecule has 0 aromatic carbocycles. The molecule has 0 saturated carbocycles. The highest BCUT2D eigenvalue weighted by atomic mass is 79.9. The minimum absolute atomic E-state index is 0.163. The number of nitrogens with zero attached hydrogens (tertiary/aromatic N) is 2. The zero-order valence-electron chi connectivity index (χ0n) is 10.3. The largest absolute Gasteiger partial charge is 0.448 e. The molecule has 1 aliphatic carbocycles. The number of imide groups is 1. The molecular weight excluding hydrogens is 316 g/mol. The molecule has 2 aliphatic heterocycles. The molecule has 0 bridgehead atoms. The van der Waals surface area contributed by atoms with Gasteiger partial charge in [0, 0.05) is 11.5 Å². The summed E-state index contributed by atoms with van der Waals surface area (Å²) in [5.74, 6) is -1.24. The third-order valence-corrected chi connectivity index (χ3v) is 4.81. The smallest absolute Gasteiger partial charge is 0.410 e. The highest BCUT2D eigenvalue weighted by Crippen LogP contribution is 2.42. The summed E-state index contributed by atoms with van der Waals surface area (Å²) in [5.41, 5.74) is 0. The number of cyclic esters (lactones) is 1. The van der Waals surface area contributed by atoms with Crippen molar-refractivity contribution < 1.29 is 19.1 Å². The van der Waals surface area contributed by atoms with Gasteiger partial charge in [-0.05, 0) is 6.42 Å². The average molecular weight is 329 g/mol. The van der Waals surface area contributed by atoms with Gasteiger partial charge in [0.15, 0.2) is 0 Å². The number of carbonyl (C=O) groups excluding carboxylic acids is 3. The van der Waals surface area contributed by atoms with Gasteiger partial charge in [0.25, 0.3) is 0 Å². The summed E-state index contributed by atoms with van der Waals surface area (Å²) in [6.45, 7) is 0.770. The van der Waals surface area contributed by atoms with Gasteiger partial charge in [0.1, 0.15) is 6.61 Å². The molecule has 2 fully saturated rings. The lowest BCUT2D eigenvalue weighted by Gasteiger charge is -2.34. The summed E-state index contributed by atoms with van der Waals surface area (Å²) in [7, 11) is 1.50. The molecule has 3 amide bonds. The topological polar surface area (TPSA) is 66.9 Å². The van der Waals surface area contributed by atoms with Crippen molar-refractivity contribution in [3.8, 4) is 0 Å². The van der Waals surface area contributed by atoms with Crippen LogP contribution in [0.5, 0.6) is 0 Å². The molecule has 2 saturated heterocycles. The van der Waals surface area contributed by atoms with Crippen LogP contribution in [0.4, 0.5) is 4.79 Å². The van der Waals surface area contributed by atoms with Gasteiger partial charge >= 0.3 is 6.09 Å². The third-order valence-electron chi connectivity index (χ3n) is 4.01. The molecular formula is C12H13BrN2O4. The minimum Gasteiger partial charge on any atom is -0.448 e. The molecule has 0 unspecified atom stereocenters. The molecule has 3 rings (SSSR count). The van der Waals surface area contributed by atoms with Crippen LogP contribution in [0.2, 0.25) is 0 Å². The Kier molecular flexibility index (Phi) is 2.88. The van der Waals surface area contributed by atoms with Crippen molar-refractivity contribution in [3.63, 3.8) is 0 Å². The summed E-state index contributed by atoms with van der Waals surface area (Å²) in [6, 6.07) is -0.421. The van der Waals surface area contributed by atoms with Gasteiger partial charge < -0.3 is 4.74 Å². The van der Waals surface area contributed by atoms with Crippen LogP contribution in [-0.2, 0) is 14.3 Å². The molecule has 6 nitrogen and oxygen atoms in total. The second-order valence-corrected chi connectivity index (χ2v) is 5.86. The highest BCUT2D eigenvalue weighted by Gasteiger charge is 2.54. The summed E-state index contributed by atoms with van der Waals surface area (Å²) in [5, 5.41) is 0. The lowest BCUT2D eigenvalue weighted by Crippen LogP contribution is -2.47. The quantitative estimate of drug-likeness (QED) is 0.665. The van der Waals surface area contributed by atoms with Gasteiger partial charge in [-0.2, -0.15) is 0 Å². The predicted molar refractivity (Wildman–Crippen MR) is 68.2 cm³/mol. The first-order chi connectivity index (χ1) is 9.02. The van der Waals surface area contributed by atoms with Crippen LogP contribution in [0.1, 0.15) is 6.42 Å². The van der Waals surface area contributed by atoms with E-state index < -0.39 is 18.1 Å². The Morgan fingerprint density at radius 1 is 1.32 bits per heavy atom. The zero-order valence-corrected chi connectivity index (χ0v) is 11.9. The number of halogens is 1. The number of carbonyl (C=O) groups is 3. The highest BCUT2D eigenvalue weighted by molar-refractivity contribution is 9.11. The van der Waals surface area contributed by atoms with Crippen LogP contribution in [0.25, 0.3) is 0 Å². The van der Waals surface area contributed by atoms with Gasteiger partial charge in [0.05, 0.1) is 24.4 Å². The maximum atomic E-state index is 12.2. The maximum Gasteiger partial charge on any atom is 0.410 e. The van der Waals surface area contributed by atoms with E-state index in [1.54, 1.807) is 0 Å². The van der Waals surface area contributed by atoms with E-state index in [4.69, 9.17) is 4.74 Å². The average Bonchev–Trinajstić information content (AvgIpc) is 2.89.